The van der Waals surface area contributed by atoms with Gasteiger partial charge in [-0.15, -0.1) is 0 Å². The van der Waals surface area contributed by atoms with Gasteiger partial charge >= 0.3 is 12.0 Å². The Balaban J connectivity index is 1.39. The fraction of sp³-hybridized carbons (Fsp3) is 0.333. The molecule has 0 spiro atoms. The number of esters is 1. The van der Waals surface area contributed by atoms with E-state index in [4.69, 9.17) is 4.74 Å². The van der Waals surface area contributed by atoms with Crippen LogP contribution in [0.15, 0.2) is 42.6 Å². The number of rotatable bonds is 5. The highest BCUT2D eigenvalue weighted by Gasteiger charge is 2.28. The smallest absolute Gasteiger partial charge is 0.355 e. The van der Waals surface area contributed by atoms with E-state index in [9.17, 15) is 9.59 Å². The lowest BCUT2D eigenvalue weighted by Gasteiger charge is -2.29. The fourth-order valence-corrected chi connectivity index (χ4v) is 3.06. The minimum atomic E-state index is -0.336. The summed E-state index contributed by atoms with van der Waals surface area (Å²) in [6.45, 7) is 1.02. The monoisotopic (exact) mass is 325 g/mol. The summed E-state index contributed by atoms with van der Waals surface area (Å²) in [5.41, 5.74) is 2.52. The van der Waals surface area contributed by atoms with Crippen LogP contribution < -0.4 is 10.2 Å². The molecule has 124 valence electrons. The molecular formula is C18H19N3O3. The lowest BCUT2D eigenvalue weighted by Crippen LogP contribution is -2.45. The number of anilines is 1. The number of benzene rings is 1. The van der Waals surface area contributed by atoms with E-state index in [1.165, 1.54) is 0 Å². The van der Waals surface area contributed by atoms with Crippen LogP contribution in [-0.2, 0) is 11.3 Å². The maximum atomic E-state index is 12.3. The Labute approximate surface area is 140 Å². The zero-order valence-electron chi connectivity index (χ0n) is 13.3. The van der Waals surface area contributed by atoms with Crippen molar-refractivity contribution in [2.24, 2.45) is 0 Å². The second-order valence-corrected chi connectivity index (χ2v) is 6.11. The van der Waals surface area contributed by atoms with Gasteiger partial charge in [-0.25, -0.2) is 9.59 Å². The molecule has 1 aromatic heterocycles. The number of nitrogens with one attached hydrogen (secondary N) is 1. The standard InChI is InChI=1S/C18H19N3O3/c22-17(16-6-3-9-20(16)14-7-8-14)24-11-10-21-15-5-2-1-4-13(15)12-19-18(21)23/h1-6,9,14H,7-8,10-12H2,(H,19,23). The Morgan fingerprint density at radius 1 is 1.21 bits per heavy atom. The largest absolute Gasteiger partial charge is 0.459 e. The number of carbonyl (C=O) groups is 2. The highest BCUT2D eigenvalue weighted by atomic mass is 16.5. The Bertz CT molecular complexity index is 779. The number of amides is 2. The average Bonchev–Trinajstić information content (AvgIpc) is 3.33. The summed E-state index contributed by atoms with van der Waals surface area (Å²) < 4.78 is 7.37. The van der Waals surface area contributed by atoms with Crippen LogP contribution >= 0.6 is 0 Å². The molecule has 1 fully saturated rings. The summed E-state index contributed by atoms with van der Waals surface area (Å²) in [4.78, 5) is 26.0. The SMILES string of the molecule is O=C(OCCN1C(=O)NCc2ccccc21)c1cccn1C1CC1. The van der Waals surface area contributed by atoms with Crippen molar-refractivity contribution in [1.82, 2.24) is 9.88 Å². The first-order valence-corrected chi connectivity index (χ1v) is 8.21. The summed E-state index contributed by atoms with van der Waals surface area (Å²) in [6, 6.07) is 11.7. The van der Waals surface area contributed by atoms with Crippen LogP contribution in [0.1, 0.15) is 34.9 Å². The van der Waals surface area contributed by atoms with Crippen LogP contribution in [0.5, 0.6) is 0 Å². The van der Waals surface area contributed by atoms with Gasteiger partial charge in [-0.3, -0.25) is 4.90 Å². The third kappa shape index (κ3) is 2.75. The van der Waals surface area contributed by atoms with Crippen molar-refractivity contribution in [3.05, 3.63) is 53.9 Å². The molecule has 1 N–H and O–H groups in total. The van der Waals surface area contributed by atoms with Crippen LogP contribution in [0.4, 0.5) is 10.5 Å². The van der Waals surface area contributed by atoms with Crippen LogP contribution in [0.3, 0.4) is 0 Å². The summed E-state index contributed by atoms with van der Waals surface area (Å²) in [5.74, 6) is -0.336. The minimum absolute atomic E-state index is 0.161. The first-order valence-electron chi connectivity index (χ1n) is 8.21. The molecule has 1 aromatic carbocycles. The number of carbonyl (C=O) groups excluding carboxylic acids is 2. The van der Waals surface area contributed by atoms with Gasteiger partial charge in [0.25, 0.3) is 0 Å². The molecule has 4 rings (SSSR count). The van der Waals surface area contributed by atoms with Crippen molar-refractivity contribution in [3.8, 4) is 0 Å². The Morgan fingerprint density at radius 2 is 2.04 bits per heavy atom. The zero-order valence-corrected chi connectivity index (χ0v) is 13.3. The summed E-state index contributed by atoms with van der Waals surface area (Å²) in [6.07, 6.45) is 4.14. The highest BCUT2D eigenvalue weighted by Crippen LogP contribution is 2.36. The number of ether oxygens (including phenoxy) is 1. The van der Waals surface area contributed by atoms with E-state index >= 15 is 0 Å². The summed E-state index contributed by atoms with van der Waals surface area (Å²) in [5, 5.41) is 2.83. The van der Waals surface area contributed by atoms with Crippen LogP contribution in [-0.4, -0.2) is 29.7 Å². The van der Waals surface area contributed by atoms with Gasteiger partial charge in [0.05, 0.1) is 12.2 Å². The number of nitrogens with zero attached hydrogens (tertiary/aromatic N) is 2. The van der Waals surface area contributed by atoms with Gasteiger partial charge < -0.3 is 14.6 Å². The molecule has 0 radical (unpaired) electrons. The normalized spacial score (nSPS) is 16.5. The third-order valence-electron chi connectivity index (χ3n) is 4.43. The third-order valence-corrected chi connectivity index (χ3v) is 4.43. The van der Waals surface area contributed by atoms with Gasteiger partial charge in [-0.1, -0.05) is 18.2 Å². The molecule has 2 amide bonds. The first kappa shape index (κ1) is 14.8. The molecule has 1 saturated carbocycles. The van der Waals surface area contributed by atoms with E-state index < -0.39 is 0 Å². The van der Waals surface area contributed by atoms with Crippen molar-refractivity contribution < 1.29 is 14.3 Å². The number of hydrogen-bond acceptors (Lipinski definition) is 3. The van der Waals surface area contributed by atoms with Gasteiger partial charge in [-0.05, 0) is 36.6 Å². The van der Waals surface area contributed by atoms with E-state index in [0.29, 0.717) is 24.8 Å². The first-order chi connectivity index (χ1) is 11.7. The van der Waals surface area contributed by atoms with Gasteiger partial charge in [0.15, 0.2) is 0 Å². The topological polar surface area (TPSA) is 63.6 Å². The Hall–Kier alpha value is -2.76. The number of urea groups is 1. The molecular weight excluding hydrogens is 306 g/mol. The van der Waals surface area contributed by atoms with E-state index in [2.05, 4.69) is 5.32 Å². The lowest BCUT2D eigenvalue weighted by molar-refractivity contribution is 0.0503. The van der Waals surface area contributed by atoms with Crippen LogP contribution in [0, 0.1) is 0 Å². The molecule has 6 nitrogen and oxygen atoms in total. The Kier molecular flexibility index (Phi) is 3.72. The number of fused-ring (bicyclic) bond motifs is 1. The molecule has 0 atom stereocenters. The zero-order chi connectivity index (χ0) is 16.5. The summed E-state index contributed by atoms with van der Waals surface area (Å²) in [7, 11) is 0. The van der Waals surface area contributed by atoms with E-state index in [-0.39, 0.29) is 18.6 Å². The number of para-hydroxylation sites is 1. The predicted octanol–water partition coefficient (Wildman–Crippen LogP) is 2.71. The van der Waals surface area contributed by atoms with Crippen molar-refractivity contribution >= 4 is 17.7 Å². The molecule has 2 aromatic rings. The van der Waals surface area contributed by atoms with Crippen LogP contribution in [0.2, 0.25) is 0 Å². The van der Waals surface area contributed by atoms with Crippen molar-refractivity contribution in [2.75, 3.05) is 18.1 Å². The van der Waals surface area contributed by atoms with Crippen molar-refractivity contribution in [1.29, 1.82) is 0 Å². The minimum Gasteiger partial charge on any atom is -0.459 e. The molecule has 1 aliphatic carbocycles. The van der Waals surface area contributed by atoms with E-state index in [0.717, 1.165) is 24.1 Å². The molecule has 2 aliphatic rings. The molecule has 0 unspecified atom stereocenters. The molecule has 6 heteroatoms. The molecule has 0 bridgehead atoms. The second-order valence-electron chi connectivity index (χ2n) is 6.11. The predicted molar refractivity (Wildman–Crippen MR) is 89.0 cm³/mol. The van der Waals surface area contributed by atoms with Crippen LogP contribution in [0.25, 0.3) is 0 Å². The number of hydrogen-bond donors (Lipinski definition) is 1. The lowest BCUT2D eigenvalue weighted by atomic mass is 10.1. The molecule has 24 heavy (non-hydrogen) atoms. The number of aromatic nitrogens is 1. The second kappa shape index (κ2) is 6.03. The van der Waals surface area contributed by atoms with Crippen molar-refractivity contribution in [3.63, 3.8) is 0 Å². The molecule has 2 heterocycles. The molecule has 0 saturated heterocycles. The van der Waals surface area contributed by atoms with E-state index in [1.807, 2.05) is 41.1 Å². The van der Waals surface area contributed by atoms with Crippen molar-refractivity contribution in [2.45, 2.75) is 25.4 Å². The average molecular weight is 325 g/mol. The quantitative estimate of drug-likeness (QED) is 0.860. The molecule has 1 aliphatic heterocycles. The Morgan fingerprint density at radius 3 is 2.88 bits per heavy atom. The van der Waals surface area contributed by atoms with Gasteiger partial charge in [0, 0.05) is 18.8 Å². The maximum Gasteiger partial charge on any atom is 0.355 e. The van der Waals surface area contributed by atoms with Gasteiger partial charge in [-0.2, -0.15) is 0 Å². The highest BCUT2D eigenvalue weighted by molar-refractivity contribution is 5.95. The fourth-order valence-electron chi connectivity index (χ4n) is 3.06. The maximum absolute atomic E-state index is 12.3. The summed E-state index contributed by atoms with van der Waals surface area (Å²) >= 11 is 0. The van der Waals surface area contributed by atoms with Gasteiger partial charge in [0.2, 0.25) is 0 Å². The van der Waals surface area contributed by atoms with E-state index in [1.54, 1.807) is 11.0 Å². The van der Waals surface area contributed by atoms with Gasteiger partial charge in [0.1, 0.15) is 12.3 Å².